The van der Waals surface area contributed by atoms with Gasteiger partial charge < -0.3 is 15.0 Å². The first-order valence-electron chi connectivity index (χ1n) is 9.87. The second-order valence-corrected chi connectivity index (χ2v) is 7.44. The van der Waals surface area contributed by atoms with E-state index in [-0.39, 0.29) is 36.9 Å². The summed E-state index contributed by atoms with van der Waals surface area (Å²) in [5.41, 5.74) is 0.983. The van der Waals surface area contributed by atoms with E-state index in [1.54, 1.807) is 0 Å². The van der Waals surface area contributed by atoms with Gasteiger partial charge in [0.1, 0.15) is 0 Å². The molecule has 1 aliphatic carbocycles. The van der Waals surface area contributed by atoms with Crippen LogP contribution in [0.15, 0.2) is 42.5 Å². The molecule has 1 N–H and O–H groups in total. The fraction of sp³-hybridized carbons (Fsp3) is 0.455. The van der Waals surface area contributed by atoms with Gasteiger partial charge in [-0.3, -0.25) is 9.59 Å². The number of hydrogen-bond acceptors (Lipinski definition) is 3. The van der Waals surface area contributed by atoms with Crippen molar-refractivity contribution in [2.24, 2.45) is 0 Å². The van der Waals surface area contributed by atoms with Crippen molar-refractivity contribution < 1.29 is 14.3 Å². The molecule has 5 heteroatoms. The standard InChI is InChI=1S/C22H26N2O3/c25-21(14-17-8-5-7-16-6-1-2-9-18(16)17)23-15-22(26)24-12-13-27-20-11-4-3-10-19(20)24/h1-2,5-9,19-20H,3-4,10-15H2,(H,23,25)/t19-,20-/m0/s1. The summed E-state index contributed by atoms with van der Waals surface area (Å²) in [5.74, 6) is -0.116. The fourth-order valence-corrected chi connectivity index (χ4v) is 4.36. The van der Waals surface area contributed by atoms with Crippen LogP contribution in [0.4, 0.5) is 0 Å². The topological polar surface area (TPSA) is 58.6 Å². The Morgan fingerprint density at radius 2 is 1.89 bits per heavy atom. The Balaban J connectivity index is 1.35. The number of nitrogens with zero attached hydrogens (tertiary/aromatic N) is 1. The summed E-state index contributed by atoms with van der Waals surface area (Å²) in [6.07, 6.45) is 4.79. The fourth-order valence-electron chi connectivity index (χ4n) is 4.36. The van der Waals surface area contributed by atoms with Crippen molar-refractivity contribution >= 4 is 22.6 Å². The molecule has 2 atom stereocenters. The van der Waals surface area contributed by atoms with Crippen LogP contribution in [0.3, 0.4) is 0 Å². The van der Waals surface area contributed by atoms with Crippen LogP contribution in [-0.2, 0) is 20.7 Å². The molecule has 5 nitrogen and oxygen atoms in total. The quantitative estimate of drug-likeness (QED) is 0.905. The molecule has 0 radical (unpaired) electrons. The zero-order chi connectivity index (χ0) is 18.6. The third kappa shape index (κ3) is 3.98. The van der Waals surface area contributed by atoms with Gasteiger partial charge in [-0.05, 0) is 29.2 Å². The Hall–Kier alpha value is -2.40. The van der Waals surface area contributed by atoms with E-state index in [2.05, 4.69) is 5.32 Å². The summed E-state index contributed by atoms with van der Waals surface area (Å²) in [4.78, 5) is 27.0. The lowest BCUT2D eigenvalue weighted by Gasteiger charge is -2.43. The molecular formula is C22H26N2O3. The molecule has 1 saturated carbocycles. The predicted molar refractivity (Wildman–Crippen MR) is 104 cm³/mol. The van der Waals surface area contributed by atoms with Gasteiger partial charge in [-0.2, -0.15) is 0 Å². The molecule has 0 unspecified atom stereocenters. The van der Waals surface area contributed by atoms with E-state index in [1.807, 2.05) is 47.4 Å². The first-order valence-corrected chi connectivity index (χ1v) is 9.87. The lowest BCUT2D eigenvalue weighted by Crippen LogP contribution is -2.56. The molecule has 0 aromatic heterocycles. The second-order valence-electron chi connectivity index (χ2n) is 7.44. The number of ether oxygens (including phenoxy) is 1. The van der Waals surface area contributed by atoms with E-state index < -0.39 is 0 Å². The summed E-state index contributed by atoms with van der Waals surface area (Å²) in [6, 6.07) is 14.2. The smallest absolute Gasteiger partial charge is 0.242 e. The van der Waals surface area contributed by atoms with Gasteiger partial charge >= 0.3 is 0 Å². The maximum absolute atomic E-state index is 12.7. The van der Waals surface area contributed by atoms with Crippen molar-refractivity contribution in [1.82, 2.24) is 10.2 Å². The van der Waals surface area contributed by atoms with Gasteiger partial charge in [-0.25, -0.2) is 0 Å². The normalized spacial score (nSPS) is 22.3. The van der Waals surface area contributed by atoms with E-state index in [4.69, 9.17) is 4.74 Å². The Kier molecular flexibility index (Phi) is 5.39. The van der Waals surface area contributed by atoms with Gasteiger partial charge in [0.05, 0.1) is 31.7 Å². The first-order chi connectivity index (χ1) is 13.2. The van der Waals surface area contributed by atoms with Crippen LogP contribution in [-0.4, -0.2) is 48.6 Å². The highest BCUT2D eigenvalue weighted by Gasteiger charge is 2.36. The second kappa shape index (κ2) is 8.09. The molecule has 2 amide bonds. The van der Waals surface area contributed by atoms with E-state index in [0.717, 1.165) is 35.6 Å². The van der Waals surface area contributed by atoms with Crippen molar-refractivity contribution in [3.8, 4) is 0 Å². The Morgan fingerprint density at radius 3 is 2.81 bits per heavy atom. The minimum Gasteiger partial charge on any atom is -0.374 e. The van der Waals surface area contributed by atoms with Crippen LogP contribution in [0.25, 0.3) is 10.8 Å². The molecule has 1 saturated heterocycles. The van der Waals surface area contributed by atoms with Gasteiger partial charge in [0.15, 0.2) is 0 Å². The molecule has 2 aromatic carbocycles. The van der Waals surface area contributed by atoms with Crippen LogP contribution < -0.4 is 5.32 Å². The van der Waals surface area contributed by atoms with Crippen molar-refractivity contribution in [1.29, 1.82) is 0 Å². The average molecular weight is 366 g/mol. The number of fused-ring (bicyclic) bond motifs is 2. The Labute approximate surface area is 159 Å². The molecular weight excluding hydrogens is 340 g/mol. The summed E-state index contributed by atoms with van der Waals surface area (Å²) in [6.45, 7) is 1.28. The number of carbonyl (C=O) groups is 2. The molecule has 0 spiro atoms. The van der Waals surface area contributed by atoms with Gasteiger partial charge in [-0.15, -0.1) is 0 Å². The molecule has 2 fully saturated rings. The maximum Gasteiger partial charge on any atom is 0.242 e. The van der Waals surface area contributed by atoms with Crippen molar-refractivity contribution in [3.63, 3.8) is 0 Å². The highest BCUT2D eigenvalue weighted by Crippen LogP contribution is 2.28. The number of carbonyl (C=O) groups excluding carboxylic acids is 2. The maximum atomic E-state index is 12.7. The van der Waals surface area contributed by atoms with Crippen LogP contribution in [0.5, 0.6) is 0 Å². The van der Waals surface area contributed by atoms with E-state index in [1.165, 1.54) is 6.42 Å². The zero-order valence-corrected chi connectivity index (χ0v) is 15.5. The van der Waals surface area contributed by atoms with E-state index in [9.17, 15) is 9.59 Å². The summed E-state index contributed by atoms with van der Waals surface area (Å²) < 4.78 is 5.83. The number of hydrogen-bond donors (Lipinski definition) is 1. The molecule has 1 heterocycles. The molecule has 142 valence electrons. The van der Waals surface area contributed by atoms with Crippen LogP contribution in [0.2, 0.25) is 0 Å². The van der Waals surface area contributed by atoms with E-state index >= 15 is 0 Å². The number of morpholine rings is 1. The molecule has 27 heavy (non-hydrogen) atoms. The van der Waals surface area contributed by atoms with Crippen molar-refractivity contribution in [2.75, 3.05) is 19.7 Å². The molecule has 2 aliphatic rings. The van der Waals surface area contributed by atoms with Crippen molar-refractivity contribution in [3.05, 3.63) is 48.0 Å². The minimum absolute atomic E-state index is 0.00136. The average Bonchev–Trinajstić information content (AvgIpc) is 2.72. The van der Waals surface area contributed by atoms with Gasteiger partial charge in [-0.1, -0.05) is 55.3 Å². The molecule has 1 aliphatic heterocycles. The van der Waals surface area contributed by atoms with Crippen LogP contribution in [0, 0.1) is 0 Å². The number of nitrogens with one attached hydrogen (secondary N) is 1. The highest BCUT2D eigenvalue weighted by atomic mass is 16.5. The van der Waals surface area contributed by atoms with Crippen LogP contribution >= 0.6 is 0 Å². The lowest BCUT2D eigenvalue weighted by atomic mass is 9.90. The van der Waals surface area contributed by atoms with Crippen molar-refractivity contribution in [2.45, 2.75) is 44.2 Å². The first kappa shape index (κ1) is 18.0. The monoisotopic (exact) mass is 366 g/mol. The molecule has 2 aromatic rings. The summed E-state index contributed by atoms with van der Waals surface area (Å²) >= 11 is 0. The number of amides is 2. The van der Waals surface area contributed by atoms with E-state index in [0.29, 0.717) is 13.2 Å². The zero-order valence-electron chi connectivity index (χ0n) is 15.5. The van der Waals surface area contributed by atoms with Gasteiger partial charge in [0.2, 0.25) is 11.8 Å². The minimum atomic E-state index is -0.117. The number of benzene rings is 2. The Morgan fingerprint density at radius 1 is 1.07 bits per heavy atom. The SMILES string of the molecule is O=C(Cc1cccc2ccccc12)NCC(=O)N1CCO[C@H]2CCCC[C@@H]21. The number of rotatable bonds is 4. The largest absolute Gasteiger partial charge is 0.374 e. The molecule has 0 bridgehead atoms. The Bertz CT molecular complexity index is 828. The van der Waals surface area contributed by atoms with Gasteiger partial charge in [0.25, 0.3) is 0 Å². The lowest BCUT2D eigenvalue weighted by molar-refractivity contribution is -0.149. The predicted octanol–water partition coefficient (Wildman–Crippen LogP) is 2.67. The van der Waals surface area contributed by atoms with Crippen LogP contribution in [0.1, 0.15) is 31.2 Å². The highest BCUT2D eigenvalue weighted by molar-refractivity contribution is 5.91. The summed E-state index contributed by atoms with van der Waals surface area (Å²) in [5, 5.41) is 5.02. The molecule has 4 rings (SSSR count). The third-order valence-corrected chi connectivity index (χ3v) is 5.72. The third-order valence-electron chi connectivity index (χ3n) is 5.72. The van der Waals surface area contributed by atoms with Gasteiger partial charge in [0, 0.05) is 6.54 Å². The summed E-state index contributed by atoms with van der Waals surface area (Å²) in [7, 11) is 0.